The Morgan fingerprint density at radius 2 is 1.44 bits per heavy atom. The minimum Gasteiger partial charge on any atom is -0.291 e. The van der Waals surface area contributed by atoms with Crippen molar-refractivity contribution >= 4 is 6.29 Å². The zero-order valence-electron chi connectivity index (χ0n) is 16.0. The number of nitrogens with zero attached hydrogens (tertiary/aromatic N) is 2. The average molecular weight is 377 g/mol. The highest BCUT2D eigenvalue weighted by atomic mass is 16.6. The molecule has 7 heteroatoms. The lowest BCUT2D eigenvalue weighted by Crippen LogP contribution is -1.97. The second-order valence-corrected chi connectivity index (χ2v) is 5.97. The van der Waals surface area contributed by atoms with E-state index < -0.39 is 9.85 Å². The Bertz CT molecular complexity index is 577. The van der Waals surface area contributed by atoms with Crippen LogP contribution in [0.3, 0.4) is 0 Å². The number of hydrogen-bond acceptors (Lipinski definition) is 5. The number of carbonyl (C=O) groups excluding carboxylic acids is 1. The maximum Gasteiger partial charge on any atom is 0.246 e. The Balaban J connectivity index is 4.19. The molecule has 0 aliphatic heterocycles. The predicted molar refractivity (Wildman–Crippen MR) is 106 cm³/mol. The summed E-state index contributed by atoms with van der Waals surface area (Å²) in [6.07, 6.45) is 19.2. The van der Waals surface area contributed by atoms with Crippen molar-refractivity contribution in [2.45, 2.75) is 71.1 Å². The van der Waals surface area contributed by atoms with Crippen LogP contribution < -0.4 is 0 Å². The summed E-state index contributed by atoms with van der Waals surface area (Å²) < 4.78 is 0. The van der Waals surface area contributed by atoms with E-state index >= 15 is 0 Å². The molecule has 0 spiro atoms. The standard InChI is InChI=1S/C20H29N2O5/c1-2-19(21(24)25)15-12-10-13-17-20(22(26)27)16-11-8-6-4-3-5-7-9-14-18-23/h6,8,10,13,15-16H,2-5,7,9,11-12,14,17H2,1H3/b8-6-,13-10-,19-15+,20-16+. The fraction of sp³-hybridized carbons (Fsp3) is 0.550. The van der Waals surface area contributed by atoms with Gasteiger partial charge < -0.3 is 0 Å². The minimum atomic E-state index is -0.410. The number of rotatable bonds is 16. The van der Waals surface area contributed by atoms with E-state index in [4.69, 9.17) is 0 Å². The molecule has 149 valence electrons. The minimum absolute atomic E-state index is 0.120. The van der Waals surface area contributed by atoms with E-state index in [0.29, 0.717) is 25.7 Å². The van der Waals surface area contributed by atoms with Gasteiger partial charge in [-0.15, -0.1) is 0 Å². The lowest BCUT2D eigenvalue weighted by atomic mass is 10.1. The van der Waals surface area contributed by atoms with Crippen LogP contribution in [0.15, 0.2) is 47.9 Å². The molecular weight excluding hydrogens is 348 g/mol. The van der Waals surface area contributed by atoms with Crippen LogP contribution >= 0.6 is 0 Å². The molecule has 0 saturated carbocycles. The second-order valence-electron chi connectivity index (χ2n) is 5.97. The van der Waals surface area contributed by atoms with E-state index in [1.807, 2.05) is 18.4 Å². The van der Waals surface area contributed by atoms with E-state index in [1.165, 1.54) is 6.08 Å². The molecule has 1 radical (unpaired) electrons. The maximum atomic E-state index is 11.0. The third kappa shape index (κ3) is 14.3. The Kier molecular flexibility index (Phi) is 15.3. The van der Waals surface area contributed by atoms with E-state index in [0.717, 1.165) is 32.1 Å². The molecular formula is C20H29N2O5. The maximum absolute atomic E-state index is 11.0. The van der Waals surface area contributed by atoms with Crippen LogP contribution in [0.4, 0.5) is 0 Å². The fourth-order valence-electron chi connectivity index (χ4n) is 2.32. The first kappa shape index (κ1) is 24.4. The summed E-state index contributed by atoms with van der Waals surface area (Å²) in [5.41, 5.74) is 0.270. The van der Waals surface area contributed by atoms with Gasteiger partial charge in [0.2, 0.25) is 11.4 Å². The molecule has 0 unspecified atom stereocenters. The molecule has 0 saturated heterocycles. The van der Waals surface area contributed by atoms with Crippen LogP contribution in [0.5, 0.6) is 0 Å². The largest absolute Gasteiger partial charge is 0.291 e. The Morgan fingerprint density at radius 3 is 2.04 bits per heavy atom. The Morgan fingerprint density at radius 1 is 0.852 bits per heavy atom. The summed E-state index contributed by atoms with van der Waals surface area (Å²) >= 11 is 0. The van der Waals surface area contributed by atoms with Gasteiger partial charge in [-0.3, -0.25) is 25.0 Å². The van der Waals surface area contributed by atoms with Crippen molar-refractivity contribution in [1.82, 2.24) is 0 Å². The van der Waals surface area contributed by atoms with Gasteiger partial charge in [-0.25, -0.2) is 0 Å². The van der Waals surface area contributed by atoms with Gasteiger partial charge >= 0.3 is 0 Å². The van der Waals surface area contributed by atoms with E-state index in [1.54, 1.807) is 25.2 Å². The first-order chi connectivity index (χ1) is 13.0. The molecule has 0 bridgehead atoms. The predicted octanol–water partition coefficient (Wildman–Crippen LogP) is 5.45. The molecule has 0 aromatic heterocycles. The van der Waals surface area contributed by atoms with E-state index in [9.17, 15) is 25.0 Å². The lowest BCUT2D eigenvalue weighted by Gasteiger charge is -1.96. The van der Waals surface area contributed by atoms with Crippen LogP contribution in [0.25, 0.3) is 0 Å². The highest BCUT2D eigenvalue weighted by molar-refractivity contribution is 5.50. The molecule has 27 heavy (non-hydrogen) atoms. The molecule has 0 fully saturated rings. The van der Waals surface area contributed by atoms with Crippen LogP contribution in [0, 0.1) is 20.2 Å². The molecule has 0 aromatic carbocycles. The van der Waals surface area contributed by atoms with E-state index in [-0.39, 0.29) is 17.8 Å². The summed E-state index contributed by atoms with van der Waals surface area (Å²) in [5, 5.41) is 21.7. The fourth-order valence-corrected chi connectivity index (χ4v) is 2.32. The molecule has 0 rings (SSSR count). The van der Waals surface area contributed by atoms with Gasteiger partial charge in [0.15, 0.2) is 6.29 Å². The normalized spacial score (nSPS) is 12.8. The van der Waals surface area contributed by atoms with Gasteiger partial charge in [0.1, 0.15) is 0 Å². The molecule has 0 atom stereocenters. The number of hydrogen-bond donors (Lipinski definition) is 0. The molecule has 0 aromatic rings. The van der Waals surface area contributed by atoms with Crippen molar-refractivity contribution in [2.75, 3.05) is 0 Å². The van der Waals surface area contributed by atoms with Crippen LogP contribution in [0.1, 0.15) is 71.1 Å². The third-order valence-electron chi connectivity index (χ3n) is 3.87. The summed E-state index contributed by atoms with van der Waals surface area (Å²) in [7, 11) is 0. The van der Waals surface area contributed by atoms with Crippen LogP contribution in [-0.4, -0.2) is 16.1 Å². The summed E-state index contributed by atoms with van der Waals surface area (Å²) in [6, 6.07) is 0. The third-order valence-corrected chi connectivity index (χ3v) is 3.87. The highest BCUT2D eigenvalue weighted by Gasteiger charge is 2.07. The quantitative estimate of drug-likeness (QED) is 0.154. The number of allylic oxidation sites excluding steroid dienone is 7. The van der Waals surface area contributed by atoms with Crippen molar-refractivity contribution in [3.05, 3.63) is 68.1 Å². The first-order valence-electron chi connectivity index (χ1n) is 9.34. The van der Waals surface area contributed by atoms with Gasteiger partial charge in [0, 0.05) is 12.8 Å². The zero-order chi connectivity index (χ0) is 20.3. The first-order valence-corrected chi connectivity index (χ1v) is 9.34. The van der Waals surface area contributed by atoms with Gasteiger partial charge in [-0.2, -0.15) is 0 Å². The van der Waals surface area contributed by atoms with Gasteiger partial charge in [-0.05, 0) is 44.3 Å². The average Bonchev–Trinajstić information content (AvgIpc) is 2.63. The number of unbranched alkanes of at least 4 members (excludes halogenated alkanes) is 5. The second kappa shape index (κ2) is 16.9. The highest BCUT2D eigenvalue weighted by Crippen LogP contribution is 2.09. The molecule has 0 N–H and O–H groups in total. The molecule has 0 aliphatic carbocycles. The summed E-state index contributed by atoms with van der Waals surface area (Å²) in [5.74, 6) is 0. The van der Waals surface area contributed by atoms with Crippen LogP contribution in [-0.2, 0) is 4.79 Å². The number of nitro groups is 2. The van der Waals surface area contributed by atoms with Crippen LogP contribution in [0.2, 0.25) is 0 Å². The van der Waals surface area contributed by atoms with Crippen molar-refractivity contribution in [3.63, 3.8) is 0 Å². The van der Waals surface area contributed by atoms with Crippen molar-refractivity contribution in [1.29, 1.82) is 0 Å². The lowest BCUT2D eigenvalue weighted by molar-refractivity contribution is -0.427. The molecule has 0 amide bonds. The van der Waals surface area contributed by atoms with Crippen molar-refractivity contribution in [2.24, 2.45) is 0 Å². The summed E-state index contributed by atoms with van der Waals surface area (Å²) in [6.45, 7) is 1.71. The molecule has 7 nitrogen and oxygen atoms in total. The van der Waals surface area contributed by atoms with Gasteiger partial charge in [0.05, 0.1) is 16.3 Å². The Labute approximate surface area is 160 Å². The monoisotopic (exact) mass is 377 g/mol. The molecule has 0 aliphatic rings. The van der Waals surface area contributed by atoms with Crippen molar-refractivity contribution < 1.29 is 14.6 Å². The zero-order valence-corrected chi connectivity index (χ0v) is 16.0. The SMILES string of the molecule is CC/C(=C\C/C=C\C/C(=C\C/C=C\CCCCCC[C]=O)[N+](=O)[O-])[N+](=O)[O-]. The summed E-state index contributed by atoms with van der Waals surface area (Å²) in [4.78, 5) is 31.0. The van der Waals surface area contributed by atoms with Gasteiger partial charge in [0.25, 0.3) is 0 Å². The topological polar surface area (TPSA) is 103 Å². The van der Waals surface area contributed by atoms with E-state index in [2.05, 4.69) is 0 Å². The smallest absolute Gasteiger partial charge is 0.246 e. The molecule has 0 heterocycles. The van der Waals surface area contributed by atoms with Crippen molar-refractivity contribution in [3.8, 4) is 0 Å². The van der Waals surface area contributed by atoms with Gasteiger partial charge in [-0.1, -0.05) is 44.1 Å². The Hall–Kier alpha value is -2.57.